The van der Waals surface area contributed by atoms with Gasteiger partial charge in [0, 0.05) is 4.88 Å². The second kappa shape index (κ2) is 6.02. The van der Waals surface area contributed by atoms with Crippen LogP contribution in [0.3, 0.4) is 0 Å². The van der Waals surface area contributed by atoms with Crippen molar-refractivity contribution in [3.05, 3.63) is 44.1 Å². The first-order valence-corrected chi connectivity index (χ1v) is 7.01. The zero-order chi connectivity index (χ0) is 13.0. The van der Waals surface area contributed by atoms with Gasteiger partial charge in [-0.15, -0.1) is 11.3 Å². The Balaban J connectivity index is 2.24. The molecule has 0 bridgehead atoms. The molecule has 0 amide bonds. The van der Waals surface area contributed by atoms with Crippen LogP contribution >= 0.6 is 22.9 Å². The number of aromatic amines is 1. The number of thiophene rings is 1. The van der Waals surface area contributed by atoms with Gasteiger partial charge in [-0.25, -0.2) is 4.98 Å². The molecule has 2 aromatic heterocycles. The summed E-state index contributed by atoms with van der Waals surface area (Å²) in [5, 5.41) is 5.38. The minimum atomic E-state index is -0.324. The largest absolute Gasteiger partial charge is 0.361 e. The van der Waals surface area contributed by atoms with Gasteiger partial charge in [0.05, 0.1) is 12.4 Å². The Labute approximate surface area is 114 Å². The van der Waals surface area contributed by atoms with Crippen LogP contribution in [0.15, 0.2) is 28.6 Å². The van der Waals surface area contributed by atoms with Crippen LogP contribution in [0, 0.1) is 0 Å². The molecule has 0 aliphatic heterocycles. The summed E-state index contributed by atoms with van der Waals surface area (Å²) in [6.45, 7) is 2.12. The summed E-state index contributed by atoms with van der Waals surface area (Å²) in [6, 6.07) is 4.22. The number of H-pyrrole nitrogens is 1. The highest BCUT2D eigenvalue weighted by Gasteiger charge is 2.14. The van der Waals surface area contributed by atoms with Gasteiger partial charge in [0.1, 0.15) is 5.02 Å². The number of anilines is 1. The quantitative estimate of drug-likeness (QED) is 0.884. The zero-order valence-electron chi connectivity index (χ0n) is 9.94. The monoisotopic (exact) mass is 283 g/mol. The minimum absolute atomic E-state index is 0.107. The van der Waals surface area contributed by atoms with Gasteiger partial charge in [-0.05, 0) is 17.9 Å². The second-order valence-electron chi connectivity index (χ2n) is 3.90. The predicted molar refractivity (Wildman–Crippen MR) is 75.5 cm³/mol. The molecule has 96 valence electrons. The number of rotatable bonds is 5. The van der Waals surface area contributed by atoms with Crippen molar-refractivity contribution in [3.8, 4) is 0 Å². The van der Waals surface area contributed by atoms with E-state index in [1.165, 1.54) is 11.2 Å². The molecule has 6 heteroatoms. The SMILES string of the molecule is CCCC(Nc1nc[nH]c(=O)c1Cl)c1cccs1. The van der Waals surface area contributed by atoms with E-state index in [-0.39, 0.29) is 16.6 Å². The Morgan fingerprint density at radius 2 is 2.44 bits per heavy atom. The van der Waals surface area contributed by atoms with Crippen molar-refractivity contribution in [2.75, 3.05) is 5.32 Å². The van der Waals surface area contributed by atoms with Crippen molar-refractivity contribution in [3.63, 3.8) is 0 Å². The lowest BCUT2D eigenvalue weighted by Crippen LogP contribution is -2.15. The van der Waals surface area contributed by atoms with Crippen molar-refractivity contribution >= 4 is 28.8 Å². The van der Waals surface area contributed by atoms with Crippen LogP contribution in [-0.2, 0) is 0 Å². The Morgan fingerprint density at radius 1 is 1.61 bits per heavy atom. The molecule has 2 rings (SSSR count). The number of hydrogen-bond donors (Lipinski definition) is 2. The Hall–Kier alpha value is -1.33. The minimum Gasteiger partial charge on any atom is -0.361 e. The van der Waals surface area contributed by atoms with Crippen LogP contribution in [0.1, 0.15) is 30.7 Å². The molecule has 0 aliphatic rings. The molecule has 0 saturated heterocycles. The Morgan fingerprint density at radius 3 is 3.11 bits per heavy atom. The molecule has 2 aromatic rings. The molecule has 1 atom stereocenters. The highest BCUT2D eigenvalue weighted by molar-refractivity contribution is 7.10. The average Bonchev–Trinajstić information content (AvgIpc) is 2.88. The van der Waals surface area contributed by atoms with Crippen LogP contribution in [0.2, 0.25) is 5.02 Å². The van der Waals surface area contributed by atoms with E-state index in [1.54, 1.807) is 11.3 Å². The first-order valence-electron chi connectivity index (χ1n) is 5.75. The zero-order valence-corrected chi connectivity index (χ0v) is 11.5. The van der Waals surface area contributed by atoms with E-state index >= 15 is 0 Å². The molecule has 0 radical (unpaired) electrons. The van der Waals surface area contributed by atoms with Gasteiger partial charge in [-0.2, -0.15) is 0 Å². The number of aromatic nitrogens is 2. The Bertz CT molecular complexity index is 553. The van der Waals surface area contributed by atoms with E-state index in [0.717, 1.165) is 12.8 Å². The summed E-state index contributed by atoms with van der Waals surface area (Å²) in [5.41, 5.74) is -0.324. The lowest BCUT2D eigenvalue weighted by Gasteiger charge is -2.17. The first kappa shape index (κ1) is 13.1. The molecule has 18 heavy (non-hydrogen) atoms. The van der Waals surface area contributed by atoms with E-state index in [2.05, 4.69) is 28.3 Å². The van der Waals surface area contributed by atoms with Crippen molar-refractivity contribution in [1.82, 2.24) is 9.97 Å². The maximum Gasteiger partial charge on any atom is 0.271 e. The molecule has 0 saturated carbocycles. The number of nitrogens with one attached hydrogen (secondary N) is 2. The van der Waals surface area contributed by atoms with Gasteiger partial charge in [0.2, 0.25) is 0 Å². The van der Waals surface area contributed by atoms with Gasteiger partial charge in [-0.1, -0.05) is 31.0 Å². The highest BCUT2D eigenvalue weighted by atomic mass is 35.5. The first-order chi connectivity index (χ1) is 8.72. The maximum absolute atomic E-state index is 11.4. The summed E-state index contributed by atoms with van der Waals surface area (Å²) in [7, 11) is 0. The number of nitrogens with zero attached hydrogens (tertiary/aromatic N) is 1. The van der Waals surface area contributed by atoms with E-state index in [0.29, 0.717) is 5.82 Å². The van der Waals surface area contributed by atoms with Crippen LogP contribution in [0.5, 0.6) is 0 Å². The molecule has 0 spiro atoms. The lowest BCUT2D eigenvalue weighted by molar-refractivity contribution is 0.684. The summed E-state index contributed by atoms with van der Waals surface area (Å²) >= 11 is 7.61. The maximum atomic E-state index is 11.4. The van der Waals surface area contributed by atoms with E-state index < -0.39 is 0 Å². The third kappa shape index (κ3) is 2.91. The van der Waals surface area contributed by atoms with Gasteiger partial charge >= 0.3 is 0 Å². The van der Waals surface area contributed by atoms with Gasteiger partial charge in [0.15, 0.2) is 5.82 Å². The number of halogens is 1. The Kier molecular flexibility index (Phi) is 4.38. The van der Waals surface area contributed by atoms with Gasteiger partial charge in [0.25, 0.3) is 5.56 Å². The molecular formula is C12H14ClN3OS. The molecule has 0 fully saturated rings. The molecule has 2 heterocycles. The van der Waals surface area contributed by atoms with Crippen molar-refractivity contribution in [2.45, 2.75) is 25.8 Å². The van der Waals surface area contributed by atoms with Gasteiger partial charge in [-0.3, -0.25) is 4.79 Å². The third-order valence-electron chi connectivity index (χ3n) is 2.57. The van der Waals surface area contributed by atoms with Gasteiger partial charge < -0.3 is 10.3 Å². The smallest absolute Gasteiger partial charge is 0.271 e. The van der Waals surface area contributed by atoms with E-state index in [9.17, 15) is 4.79 Å². The van der Waals surface area contributed by atoms with Crippen molar-refractivity contribution in [2.24, 2.45) is 0 Å². The fourth-order valence-corrected chi connectivity index (χ4v) is 2.68. The van der Waals surface area contributed by atoms with E-state index in [1.807, 2.05) is 11.4 Å². The van der Waals surface area contributed by atoms with Crippen LogP contribution in [-0.4, -0.2) is 9.97 Å². The molecule has 4 nitrogen and oxygen atoms in total. The summed E-state index contributed by atoms with van der Waals surface area (Å²) in [5.74, 6) is 0.437. The lowest BCUT2D eigenvalue weighted by atomic mass is 10.1. The topological polar surface area (TPSA) is 57.8 Å². The predicted octanol–water partition coefficient (Wildman–Crippen LogP) is 3.44. The van der Waals surface area contributed by atoms with E-state index in [4.69, 9.17) is 11.6 Å². The fourth-order valence-electron chi connectivity index (χ4n) is 1.71. The highest BCUT2D eigenvalue weighted by Crippen LogP contribution is 2.28. The van der Waals surface area contributed by atoms with Crippen molar-refractivity contribution < 1.29 is 0 Å². The molecule has 0 aromatic carbocycles. The van der Waals surface area contributed by atoms with Crippen LogP contribution in [0.25, 0.3) is 0 Å². The molecular weight excluding hydrogens is 270 g/mol. The fraction of sp³-hybridized carbons (Fsp3) is 0.333. The summed E-state index contributed by atoms with van der Waals surface area (Å²) in [4.78, 5) is 19.1. The number of hydrogen-bond acceptors (Lipinski definition) is 4. The standard InChI is InChI=1S/C12H14ClN3OS/c1-2-4-8(9-5-3-6-18-9)16-11-10(13)12(17)15-7-14-11/h3,5-8H,2,4H2,1H3,(H2,14,15,16,17). The second-order valence-corrected chi connectivity index (χ2v) is 5.25. The van der Waals surface area contributed by atoms with Crippen LogP contribution < -0.4 is 10.9 Å². The van der Waals surface area contributed by atoms with Crippen molar-refractivity contribution in [1.29, 1.82) is 0 Å². The normalized spacial score (nSPS) is 12.3. The summed E-state index contributed by atoms with van der Waals surface area (Å²) in [6.07, 6.45) is 3.36. The molecule has 1 unspecified atom stereocenters. The summed E-state index contributed by atoms with van der Waals surface area (Å²) < 4.78 is 0. The van der Waals surface area contributed by atoms with Crippen LogP contribution in [0.4, 0.5) is 5.82 Å². The third-order valence-corrected chi connectivity index (χ3v) is 3.91. The molecule has 0 aliphatic carbocycles. The molecule has 2 N–H and O–H groups in total. The average molecular weight is 284 g/mol.